The van der Waals surface area contributed by atoms with Crippen molar-refractivity contribution in [3.8, 4) is 5.75 Å². The first-order valence-electron chi connectivity index (χ1n) is 12.0. The normalized spacial score (nSPS) is 17.5. The number of aryl methyl sites for hydroxylation is 1. The first-order valence-corrected chi connectivity index (χ1v) is 12.0. The maximum absolute atomic E-state index is 12.9. The maximum Gasteiger partial charge on any atom is 0.251 e. The van der Waals surface area contributed by atoms with E-state index in [0.717, 1.165) is 73.7 Å². The zero-order valence-electron chi connectivity index (χ0n) is 19.2. The predicted molar refractivity (Wildman–Crippen MR) is 129 cm³/mol. The third kappa shape index (κ3) is 4.95. The fourth-order valence-corrected chi connectivity index (χ4v) is 4.87. The summed E-state index contributed by atoms with van der Waals surface area (Å²) in [6.45, 7) is 7.69. The molecular weight excluding hydrogens is 416 g/mol. The Labute approximate surface area is 194 Å². The lowest BCUT2D eigenvalue weighted by atomic mass is 10.0. The van der Waals surface area contributed by atoms with Gasteiger partial charge in [0.25, 0.3) is 5.91 Å². The van der Waals surface area contributed by atoms with Crippen LogP contribution >= 0.6 is 0 Å². The summed E-state index contributed by atoms with van der Waals surface area (Å²) in [4.78, 5) is 29.7. The van der Waals surface area contributed by atoms with Crippen LogP contribution in [0.2, 0.25) is 0 Å². The summed E-state index contributed by atoms with van der Waals surface area (Å²) in [5.74, 6) is 1.69. The molecule has 0 unspecified atom stereocenters. The monoisotopic (exact) mass is 448 g/mol. The quantitative estimate of drug-likeness (QED) is 0.578. The van der Waals surface area contributed by atoms with Gasteiger partial charge in [-0.25, -0.2) is 9.97 Å². The maximum atomic E-state index is 12.9. The van der Waals surface area contributed by atoms with Crippen LogP contribution in [-0.2, 0) is 0 Å². The van der Waals surface area contributed by atoms with Crippen LogP contribution in [0.15, 0.2) is 36.8 Å². The molecule has 8 heteroatoms. The van der Waals surface area contributed by atoms with Crippen LogP contribution in [0.3, 0.4) is 0 Å². The van der Waals surface area contributed by atoms with Crippen LogP contribution in [0.25, 0.3) is 11.0 Å². The lowest BCUT2D eigenvalue weighted by Crippen LogP contribution is -2.45. The van der Waals surface area contributed by atoms with Crippen molar-refractivity contribution in [2.24, 2.45) is 0 Å². The van der Waals surface area contributed by atoms with Gasteiger partial charge in [0.2, 0.25) is 0 Å². The highest BCUT2D eigenvalue weighted by atomic mass is 16.5. The minimum Gasteiger partial charge on any atom is -0.492 e. The molecule has 2 aliphatic rings. The van der Waals surface area contributed by atoms with E-state index in [1.54, 1.807) is 6.33 Å². The molecule has 0 spiro atoms. The molecule has 2 aliphatic heterocycles. The molecule has 2 N–H and O–H groups in total. The van der Waals surface area contributed by atoms with E-state index in [1.807, 2.05) is 30.5 Å². The third-order valence-electron chi connectivity index (χ3n) is 6.75. The van der Waals surface area contributed by atoms with Gasteiger partial charge in [0.05, 0.1) is 5.39 Å². The molecule has 8 nitrogen and oxygen atoms in total. The number of nitrogens with zero attached hydrogens (tertiary/aromatic N) is 4. The molecule has 0 aliphatic carbocycles. The summed E-state index contributed by atoms with van der Waals surface area (Å²) in [5, 5.41) is 4.30. The van der Waals surface area contributed by atoms with Crippen LogP contribution in [0.5, 0.6) is 5.75 Å². The number of piperidine rings is 1. The first-order chi connectivity index (χ1) is 16.2. The van der Waals surface area contributed by atoms with Gasteiger partial charge in [0, 0.05) is 37.4 Å². The number of aromatic amines is 1. The number of nitrogens with one attached hydrogen (secondary N) is 2. The second kappa shape index (κ2) is 9.79. The fourth-order valence-electron chi connectivity index (χ4n) is 4.87. The van der Waals surface area contributed by atoms with Gasteiger partial charge in [-0.3, -0.25) is 9.69 Å². The molecule has 1 aromatic carbocycles. The Morgan fingerprint density at radius 2 is 2.00 bits per heavy atom. The van der Waals surface area contributed by atoms with E-state index < -0.39 is 0 Å². The number of likely N-dealkylation sites (tertiary alicyclic amines) is 1. The molecule has 174 valence electrons. The van der Waals surface area contributed by atoms with Gasteiger partial charge in [-0.15, -0.1) is 0 Å². The number of anilines is 1. The lowest BCUT2D eigenvalue weighted by molar-refractivity contribution is 0.0930. The number of hydrogen-bond acceptors (Lipinski definition) is 6. The SMILES string of the molecule is Cc1c[nH]c2ncnc(N3CCC(NC(=O)c4cccc(OCCN5CCCC5)c4)CC3)c12. The largest absolute Gasteiger partial charge is 0.492 e. The molecule has 1 amide bonds. The Morgan fingerprint density at radius 3 is 2.82 bits per heavy atom. The number of carbonyl (C=O) groups excluding carboxylic acids is 1. The van der Waals surface area contributed by atoms with E-state index in [9.17, 15) is 4.79 Å². The summed E-state index contributed by atoms with van der Waals surface area (Å²) in [6.07, 6.45) is 7.91. The molecule has 4 heterocycles. The summed E-state index contributed by atoms with van der Waals surface area (Å²) in [7, 11) is 0. The Hall–Kier alpha value is -3.13. The minimum absolute atomic E-state index is 0.0376. The Balaban J connectivity index is 1.14. The number of carbonyl (C=O) groups is 1. The Morgan fingerprint density at radius 1 is 1.18 bits per heavy atom. The van der Waals surface area contributed by atoms with E-state index >= 15 is 0 Å². The number of aromatic nitrogens is 3. The van der Waals surface area contributed by atoms with Crippen LogP contribution < -0.4 is 15.0 Å². The topological polar surface area (TPSA) is 86.4 Å². The highest BCUT2D eigenvalue weighted by Gasteiger charge is 2.24. The van der Waals surface area contributed by atoms with Gasteiger partial charge >= 0.3 is 0 Å². The molecule has 0 radical (unpaired) electrons. The van der Waals surface area contributed by atoms with Crippen molar-refractivity contribution in [2.75, 3.05) is 44.2 Å². The standard InChI is InChI=1S/C25H32N6O2/c1-18-16-26-23-22(18)24(28-17-27-23)31-11-7-20(8-12-31)29-25(32)19-5-4-6-21(15-19)33-14-13-30-9-2-3-10-30/h4-6,15-17,20H,2-3,7-14H2,1H3,(H,29,32)(H,26,27,28). The second-order valence-corrected chi connectivity index (χ2v) is 9.05. The van der Waals surface area contributed by atoms with E-state index in [0.29, 0.717) is 12.2 Å². The smallest absolute Gasteiger partial charge is 0.251 e. The molecule has 3 aromatic rings. The van der Waals surface area contributed by atoms with Gasteiger partial charge in [-0.1, -0.05) is 6.07 Å². The number of benzene rings is 1. The summed E-state index contributed by atoms with van der Waals surface area (Å²) >= 11 is 0. The average molecular weight is 449 g/mol. The van der Waals surface area contributed by atoms with Gasteiger partial charge in [0.1, 0.15) is 30.1 Å². The van der Waals surface area contributed by atoms with Crippen molar-refractivity contribution in [3.63, 3.8) is 0 Å². The Kier molecular flexibility index (Phi) is 6.44. The number of ether oxygens (including phenoxy) is 1. The minimum atomic E-state index is -0.0376. The van der Waals surface area contributed by atoms with Crippen LogP contribution in [0.1, 0.15) is 41.6 Å². The fraction of sp³-hybridized carbons (Fsp3) is 0.480. The molecule has 2 aromatic heterocycles. The molecule has 0 saturated carbocycles. The van der Waals surface area contributed by atoms with Crippen molar-refractivity contribution < 1.29 is 9.53 Å². The van der Waals surface area contributed by atoms with E-state index in [2.05, 4.69) is 37.0 Å². The zero-order valence-corrected chi connectivity index (χ0v) is 19.2. The molecule has 0 atom stereocenters. The van der Waals surface area contributed by atoms with Crippen molar-refractivity contribution in [3.05, 3.63) is 47.9 Å². The van der Waals surface area contributed by atoms with Crippen molar-refractivity contribution >= 4 is 22.8 Å². The average Bonchev–Trinajstić information content (AvgIpc) is 3.50. The molecular formula is C25H32N6O2. The van der Waals surface area contributed by atoms with Gasteiger partial charge in [-0.05, 0) is 69.5 Å². The van der Waals surface area contributed by atoms with Crippen molar-refractivity contribution in [1.29, 1.82) is 0 Å². The third-order valence-corrected chi connectivity index (χ3v) is 6.75. The zero-order chi connectivity index (χ0) is 22.6. The van der Waals surface area contributed by atoms with E-state index in [1.165, 1.54) is 12.8 Å². The molecule has 2 fully saturated rings. The second-order valence-electron chi connectivity index (χ2n) is 9.05. The van der Waals surface area contributed by atoms with Crippen LogP contribution in [0, 0.1) is 6.92 Å². The lowest BCUT2D eigenvalue weighted by Gasteiger charge is -2.33. The number of fused-ring (bicyclic) bond motifs is 1. The highest BCUT2D eigenvalue weighted by molar-refractivity contribution is 5.95. The predicted octanol–water partition coefficient (Wildman–Crippen LogP) is 3.14. The van der Waals surface area contributed by atoms with Crippen LogP contribution in [-0.4, -0.2) is 71.1 Å². The Bertz CT molecular complexity index is 1100. The van der Waals surface area contributed by atoms with E-state index in [4.69, 9.17) is 4.74 Å². The number of hydrogen-bond donors (Lipinski definition) is 2. The van der Waals surface area contributed by atoms with Gasteiger partial charge in [-0.2, -0.15) is 0 Å². The molecule has 33 heavy (non-hydrogen) atoms. The van der Waals surface area contributed by atoms with Crippen LogP contribution in [0.4, 0.5) is 5.82 Å². The van der Waals surface area contributed by atoms with E-state index in [-0.39, 0.29) is 11.9 Å². The van der Waals surface area contributed by atoms with Gasteiger partial charge in [0.15, 0.2) is 0 Å². The molecule has 0 bridgehead atoms. The number of rotatable bonds is 7. The summed E-state index contributed by atoms with van der Waals surface area (Å²) < 4.78 is 5.91. The molecule has 5 rings (SSSR count). The first kappa shape index (κ1) is 21.7. The van der Waals surface area contributed by atoms with Crippen molar-refractivity contribution in [2.45, 2.75) is 38.6 Å². The summed E-state index contributed by atoms with van der Waals surface area (Å²) in [5.41, 5.74) is 2.67. The van der Waals surface area contributed by atoms with Crippen molar-refractivity contribution in [1.82, 2.24) is 25.2 Å². The molecule has 2 saturated heterocycles. The highest BCUT2D eigenvalue weighted by Crippen LogP contribution is 2.28. The van der Waals surface area contributed by atoms with Gasteiger partial charge < -0.3 is 19.9 Å². The number of amides is 1. The summed E-state index contributed by atoms with van der Waals surface area (Å²) in [6, 6.07) is 7.66. The number of H-pyrrole nitrogens is 1.